The van der Waals surface area contributed by atoms with Crippen LogP contribution in [0.1, 0.15) is 46.6 Å². The van der Waals surface area contributed by atoms with Crippen LogP contribution in [0, 0.1) is 5.41 Å². The summed E-state index contributed by atoms with van der Waals surface area (Å²) >= 11 is 0. The molecular weight excluding hydrogens is 294 g/mol. The molecule has 1 aliphatic heterocycles. The monoisotopic (exact) mass is 319 g/mol. The molecule has 0 aromatic heterocycles. The van der Waals surface area contributed by atoms with Gasteiger partial charge in [0.25, 0.3) is 0 Å². The van der Waals surface area contributed by atoms with Gasteiger partial charge in [-0.1, -0.05) is 52.8 Å². The summed E-state index contributed by atoms with van der Waals surface area (Å²) in [6.45, 7) is 10.1. The van der Waals surface area contributed by atoms with Gasteiger partial charge in [0, 0.05) is 5.41 Å². The van der Waals surface area contributed by atoms with Crippen molar-refractivity contribution in [2.45, 2.75) is 52.5 Å². The molecule has 1 aliphatic rings. The quantitative estimate of drug-likeness (QED) is 0.920. The second kappa shape index (κ2) is 5.87. The van der Waals surface area contributed by atoms with E-state index < -0.39 is 23.5 Å². The average Bonchev–Trinajstić information content (AvgIpc) is 2.66. The van der Waals surface area contributed by atoms with Crippen LogP contribution in [0.5, 0.6) is 0 Å². The maximum atomic E-state index is 12.5. The van der Waals surface area contributed by atoms with Gasteiger partial charge in [-0.05, 0) is 23.5 Å². The fourth-order valence-corrected chi connectivity index (χ4v) is 2.97. The van der Waals surface area contributed by atoms with Crippen LogP contribution in [-0.4, -0.2) is 29.8 Å². The summed E-state index contributed by atoms with van der Waals surface area (Å²) in [5.74, 6) is -1.03. The van der Waals surface area contributed by atoms with E-state index in [-0.39, 0.29) is 12.0 Å². The fourth-order valence-electron chi connectivity index (χ4n) is 2.97. The number of hydrogen-bond donors (Lipinski definition) is 1. The Morgan fingerprint density at radius 3 is 2.43 bits per heavy atom. The lowest BCUT2D eigenvalue weighted by Gasteiger charge is -2.29. The van der Waals surface area contributed by atoms with Crippen LogP contribution in [0.4, 0.5) is 10.5 Å². The van der Waals surface area contributed by atoms with Crippen LogP contribution in [0.3, 0.4) is 0 Å². The molecule has 0 aliphatic carbocycles. The van der Waals surface area contributed by atoms with Gasteiger partial charge >= 0.3 is 12.1 Å². The van der Waals surface area contributed by atoms with Gasteiger partial charge < -0.3 is 9.84 Å². The van der Waals surface area contributed by atoms with E-state index in [0.717, 1.165) is 12.0 Å². The van der Waals surface area contributed by atoms with Crippen LogP contribution in [0.25, 0.3) is 0 Å². The van der Waals surface area contributed by atoms with Gasteiger partial charge in [0.1, 0.15) is 6.04 Å². The molecule has 1 amide bonds. The first-order valence-corrected chi connectivity index (χ1v) is 7.84. The van der Waals surface area contributed by atoms with Crippen molar-refractivity contribution < 1.29 is 19.4 Å². The molecule has 126 valence electrons. The normalized spacial score (nSPS) is 19.3. The largest absolute Gasteiger partial charge is 0.480 e. The van der Waals surface area contributed by atoms with E-state index in [0.29, 0.717) is 5.69 Å². The third kappa shape index (κ3) is 3.33. The van der Waals surface area contributed by atoms with E-state index in [4.69, 9.17) is 4.74 Å². The lowest BCUT2D eigenvalue weighted by molar-refractivity contribution is -0.139. The molecule has 1 unspecified atom stereocenters. The zero-order valence-corrected chi connectivity index (χ0v) is 14.4. The number of amides is 1. The highest BCUT2D eigenvalue weighted by Crippen LogP contribution is 2.45. The standard InChI is InChI=1S/C18H25NO4/c1-17(2,3)10-11-23-16(22)19-13-9-7-6-8-12(13)18(4,5)14(19)15(20)21/h6-9,14H,10-11H2,1-5H3,(H,20,21). The summed E-state index contributed by atoms with van der Waals surface area (Å²) in [6, 6.07) is 6.32. The van der Waals surface area contributed by atoms with Crippen molar-refractivity contribution >= 4 is 17.7 Å². The molecule has 23 heavy (non-hydrogen) atoms. The molecular formula is C18H25NO4. The highest BCUT2D eigenvalue weighted by molar-refractivity contribution is 6.00. The molecule has 5 heteroatoms. The number of anilines is 1. The number of fused-ring (bicyclic) bond motifs is 1. The van der Waals surface area contributed by atoms with Crippen LogP contribution in [0.2, 0.25) is 0 Å². The molecule has 0 saturated heterocycles. The molecule has 0 spiro atoms. The number of carboxylic acid groups (broad SMARTS) is 1. The number of para-hydroxylation sites is 1. The Labute approximate surface area is 137 Å². The number of nitrogens with zero attached hydrogens (tertiary/aromatic N) is 1. The van der Waals surface area contributed by atoms with E-state index in [1.54, 1.807) is 12.1 Å². The molecule has 1 aromatic carbocycles. The van der Waals surface area contributed by atoms with Crippen molar-refractivity contribution in [1.29, 1.82) is 0 Å². The second-order valence-electron chi connectivity index (χ2n) is 7.77. The molecule has 1 N–H and O–H groups in total. The number of benzene rings is 1. The minimum atomic E-state index is -1.03. The van der Waals surface area contributed by atoms with Crippen LogP contribution >= 0.6 is 0 Å². The van der Waals surface area contributed by atoms with Gasteiger partial charge in [-0.15, -0.1) is 0 Å². The van der Waals surface area contributed by atoms with Crippen LogP contribution < -0.4 is 4.90 Å². The van der Waals surface area contributed by atoms with E-state index in [1.807, 2.05) is 26.0 Å². The molecule has 0 bridgehead atoms. The Balaban J connectivity index is 2.28. The summed E-state index contributed by atoms with van der Waals surface area (Å²) in [7, 11) is 0. The molecule has 1 aromatic rings. The van der Waals surface area contributed by atoms with Crippen molar-refractivity contribution in [3.63, 3.8) is 0 Å². The minimum absolute atomic E-state index is 0.0503. The number of carbonyl (C=O) groups excluding carboxylic acids is 1. The Morgan fingerprint density at radius 2 is 1.87 bits per heavy atom. The number of ether oxygens (including phenoxy) is 1. The first-order chi connectivity index (χ1) is 10.6. The summed E-state index contributed by atoms with van der Waals surface area (Å²) in [6.07, 6.45) is 0.120. The van der Waals surface area contributed by atoms with Crippen molar-refractivity contribution in [3.05, 3.63) is 29.8 Å². The van der Waals surface area contributed by atoms with Crippen molar-refractivity contribution in [2.24, 2.45) is 5.41 Å². The molecule has 0 fully saturated rings. The van der Waals surface area contributed by atoms with Gasteiger partial charge in [-0.25, -0.2) is 9.59 Å². The molecule has 1 heterocycles. The predicted molar refractivity (Wildman–Crippen MR) is 88.8 cm³/mol. The number of aliphatic carboxylic acids is 1. The SMILES string of the molecule is CC(C)(C)CCOC(=O)N1c2ccccc2C(C)(C)C1C(=O)O. The fraction of sp³-hybridized carbons (Fsp3) is 0.556. The maximum absolute atomic E-state index is 12.5. The third-order valence-corrected chi connectivity index (χ3v) is 4.31. The zero-order chi connectivity index (χ0) is 17.4. The lowest BCUT2D eigenvalue weighted by atomic mass is 9.80. The number of carboxylic acids is 1. The first-order valence-electron chi connectivity index (χ1n) is 7.84. The van der Waals surface area contributed by atoms with Gasteiger partial charge in [-0.3, -0.25) is 4.90 Å². The molecule has 1 atom stereocenters. The average molecular weight is 319 g/mol. The van der Waals surface area contributed by atoms with Crippen molar-refractivity contribution in [2.75, 3.05) is 11.5 Å². The molecule has 5 nitrogen and oxygen atoms in total. The highest BCUT2D eigenvalue weighted by atomic mass is 16.6. The molecule has 0 radical (unpaired) electrons. The summed E-state index contributed by atoms with van der Waals surface area (Å²) in [4.78, 5) is 25.6. The summed E-state index contributed by atoms with van der Waals surface area (Å²) in [5, 5.41) is 9.65. The first kappa shape index (κ1) is 17.3. The van der Waals surface area contributed by atoms with Crippen LogP contribution in [0.15, 0.2) is 24.3 Å². The summed E-state index contributed by atoms with van der Waals surface area (Å²) in [5.41, 5.74) is 0.839. The molecule has 2 rings (SSSR count). The predicted octanol–water partition coefficient (Wildman–Crippen LogP) is 3.81. The lowest BCUT2D eigenvalue weighted by Crippen LogP contribution is -2.50. The number of hydrogen-bond acceptors (Lipinski definition) is 3. The topological polar surface area (TPSA) is 66.8 Å². The summed E-state index contributed by atoms with van der Waals surface area (Å²) < 4.78 is 5.36. The van der Waals surface area contributed by atoms with E-state index in [9.17, 15) is 14.7 Å². The van der Waals surface area contributed by atoms with E-state index in [1.165, 1.54) is 4.90 Å². The number of rotatable bonds is 3. The second-order valence-corrected chi connectivity index (χ2v) is 7.77. The van der Waals surface area contributed by atoms with Gasteiger partial charge in [-0.2, -0.15) is 0 Å². The maximum Gasteiger partial charge on any atom is 0.415 e. The van der Waals surface area contributed by atoms with E-state index >= 15 is 0 Å². The molecule has 0 saturated carbocycles. The van der Waals surface area contributed by atoms with Crippen molar-refractivity contribution in [1.82, 2.24) is 0 Å². The Kier molecular flexibility index (Phi) is 4.42. The Morgan fingerprint density at radius 1 is 1.26 bits per heavy atom. The third-order valence-electron chi connectivity index (χ3n) is 4.31. The zero-order valence-electron chi connectivity index (χ0n) is 14.4. The minimum Gasteiger partial charge on any atom is -0.480 e. The van der Waals surface area contributed by atoms with Gasteiger partial charge in [0.05, 0.1) is 12.3 Å². The van der Waals surface area contributed by atoms with Crippen molar-refractivity contribution in [3.8, 4) is 0 Å². The highest BCUT2D eigenvalue weighted by Gasteiger charge is 2.51. The Bertz CT molecular complexity index is 616. The van der Waals surface area contributed by atoms with E-state index in [2.05, 4.69) is 20.8 Å². The van der Waals surface area contributed by atoms with Crippen LogP contribution in [-0.2, 0) is 14.9 Å². The van der Waals surface area contributed by atoms with Gasteiger partial charge in [0.15, 0.2) is 0 Å². The van der Waals surface area contributed by atoms with Gasteiger partial charge in [0.2, 0.25) is 0 Å². The Hall–Kier alpha value is -2.04. The number of carbonyl (C=O) groups is 2. The smallest absolute Gasteiger partial charge is 0.415 e.